The fraction of sp³-hybridized carbons (Fsp3) is 0.200. The molecule has 0 saturated heterocycles. The van der Waals surface area contributed by atoms with Crippen molar-refractivity contribution >= 4 is 40.1 Å². The summed E-state index contributed by atoms with van der Waals surface area (Å²) in [5.74, 6) is -0.638. The number of pyridine rings is 1. The summed E-state index contributed by atoms with van der Waals surface area (Å²) in [5.41, 5.74) is 3.05. The van der Waals surface area contributed by atoms with Gasteiger partial charge >= 0.3 is 5.97 Å². The Kier molecular flexibility index (Phi) is 4.98. The van der Waals surface area contributed by atoms with Gasteiger partial charge in [-0.15, -0.1) is 0 Å². The van der Waals surface area contributed by atoms with Crippen molar-refractivity contribution in [2.45, 2.75) is 26.2 Å². The van der Waals surface area contributed by atoms with Crippen LogP contribution in [0, 0.1) is 0 Å². The number of hydrogen-bond donors (Lipinski definition) is 1. The van der Waals surface area contributed by atoms with E-state index < -0.39 is 5.97 Å². The van der Waals surface area contributed by atoms with Crippen LogP contribution >= 0.6 is 23.2 Å². The molecule has 0 amide bonds. The van der Waals surface area contributed by atoms with E-state index in [-0.39, 0.29) is 5.56 Å². The highest BCUT2D eigenvalue weighted by Crippen LogP contribution is 2.33. The number of hydrogen-bond acceptors (Lipinski definition) is 2. The molecule has 2 aromatic carbocycles. The van der Waals surface area contributed by atoms with E-state index in [0.717, 1.165) is 12.0 Å². The van der Waals surface area contributed by atoms with Crippen LogP contribution in [0.1, 0.15) is 42.1 Å². The van der Waals surface area contributed by atoms with E-state index in [0.29, 0.717) is 38.1 Å². The maximum atomic E-state index is 11.8. The fourth-order valence-corrected chi connectivity index (χ4v) is 3.18. The number of rotatable bonds is 4. The second kappa shape index (κ2) is 7.03. The first-order chi connectivity index (χ1) is 11.9. The van der Waals surface area contributed by atoms with Gasteiger partial charge in [-0.3, -0.25) is 0 Å². The van der Waals surface area contributed by atoms with Crippen LogP contribution < -0.4 is 0 Å². The van der Waals surface area contributed by atoms with E-state index >= 15 is 0 Å². The third-order valence-electron chi connectivity index (χ3n) is 4.45. The molecule has 0 radical (unpaired) electrons. The van der Waals surface area contributed by atoms with Crippen LogP contribution in [0.3, 0.4) is 0 Å². The number of carboxylic acid groups (broad SMARTS) is 1. The predicted octanol–water partition coefficient (Wildman–Crippen LogP) is 6.42. The lowest BCUT2D eigenvalue weighted by molar-refractivity contribution is 0.0699. The highest BCUT2D eigenvalue weighted by molar-refractivity contribution is 6.35. The van der Waals surface area contributed by atoms with Crippen molar-refractivity contribution in [1.82, 2.24) is 4.98 Å². The van der Waals surface area contributed by atoms with Gasteiger partial charge in [-0.2, -0.15) is 0 Å². The van der Waals surface area contributed by atoms with Gasteiger partial charge in [0.1, 0.15) is 0 Å². The van der Waals surface area contributed by atoms with Gasteiger partial charge < -0.3 is 5.11 Å². The number of carboxylic acids is 1. The van der Waals surface area contributed by atoms with Crippen LogP contribution in [-0.4, -0.2) is 16.1 Å². The zero-order chi connectivity index (χ0) is 18.1. The second-order valence-corrected chi connectivity index (χ2v) is 6.91. The minimum absolute atomic E-state index is 0.209. The predicted molar refractivity (Wildman–Crippen MR) is 103 cm³/mol. The normalized spacial score (nSPS) is 12.3. The second-order valence-electron chi connectivity index (χ2n) is 6.07. The van der Waals surface area contributed by atoms with Gasteiger partial charge in [-0.05, 0) is 54.3 Å². The van der Waals surface area contributed by atoms with E-state index in [1.54, 1.807) is 24.3 Å². The zero-order valence-electron chi connectivity index (χ0n) is 13.9. The average molecular weight is 374 g/mol. The minimum Gasteiger partial charge on any atom is -0.478 e. The Labute approximate surface area is 156 Å². The number of aromatic carboxylic acids is 1. The number of fused-ring (bicyclic) bond motifs is 1. The van der Waals surface area contributed by atoms with Crippen LogP contribution in [0.15, 0.2) is 42.5 Å². The quantitative estimate of drug-likeness (QED) is 0.573. The molecule has 3 nitrogen and oxygen atoms in total. The summed E-state index contributed by atoms with van der Waals surface area (Å²) < 4.78 is 0. The molecule has 1 atom stereocenters. The maximum absolute atomic E-state index is 11.8. The van der Waals surface area contributed by atoms with Crippen LogP contribution in [0.25, 0.3) is 22.2 Å². The monoisotopic (exact) mass is 373 g/mol. The highest BCUT2D eigenvalue weighted by atomic mass is 35.5. The van der Waals surface area contributed by atoms with E-state index in [4.69, 9.17) is 23.2 Å². The van der Waals surface area contributed by atoms with Gasteiger partial charge in [-0.25, -0.2) is 9.78 Å². The summed E-state index contributed by atoms with van der Waals surface area (Å²) in [6.07, 6.45) is 0.984. The number of halogens is 2. The highest BCUT2D eigenvalue weighted by Gasteiger charge is 2.16. The first kappa shape index (κ1) is 17.7. The molecule has 0 bridgehead atoms. The van der Waals surface area contributed by atoms with Gasteiger partial charge in [-0.1, -0.05) is 43.1 Å². The molecule has 3 rings (SSSR count). The summed E-state index contributed by atoms with van der Waals surface area (Å²) >= 11 is 12.3. The molecular weight excluding hydrogens is 357 g/mol. The summed E-state index contributed by atoms with van der Waals surface area (Å²) in [7, 11) is 0. The fourth-order valence-electron chi connectivity index (χ4n) is 2.79. The topological polar surface area (TPSA) is 50.2 Å². The number of carbonyl (C=O) groups is 1. The van der Waals surface area contributed by atoms with E-state index in [9.17, 15) is 9.90 Å². The van der Waals surface area contributed by atoms with Crippen LogP contribution in [0.2, 0.25) is 10.0 Å². The number of benzene rings is 2. The van der Waals surface area contributed by atoms with Crippen molar-refractivity contribution in [2.24, 2.45) is 0 Å². The maximum Gasteiger partial charge on any atom is 0.336 e. The summed E-state index contributed by atoms with van der Waals surface area (Å²) in [6, 6.07) is 12.4. The van der Waals surface area contributed by atoms with Crippen molar-refractivity contribution in [1.29, 1.82) is 0 Å². The molecule has 5 heteroatoms. The van der Waals surface area contributed by atoms with Crippen molar-refractivity contribution in [3.05, 3.63) is 63.6 Å². The Morgan fingerprint density at radius 2 is 1.92 bits per heavy atom. The Balaban J connectivity index is 2.27. The molecule has 0 spiro atoms. The Bertz CT molecular complexity index is 969. The molecule has 1 heterocycles. The molecule has 1 unspecified atom stereocenters. The summed E-state index contributed by atoms with van der Waals surface area (Å²) in [5, 5.41) is 11.3. The Morgan fingerprint density at radius 3 is 2.60 bits per heavy atom. The average Bonchev–Trinajstić information content (AvgIpc) is 2.61. The molecule has 0 aliphatic carbocycles. The minimum atomic E-state index is -0.992. The van der Waals surface area contributed by atoms with Gasteiger partial charge in [0.15, 0.2) is 0 Å². The van der Waals surface area contributed by atoms with Gasteiger partial charge in [0.05, 0.1) is 21.8 Å². The molecule has 0 fully saturated rings. The van der Waals surface area contributed by atoms with Crippen LogP contribution in [-0.2, 0) is 0 Å². The molecule has 128 valence electrons. The van der Waals surface area contributed by atoms with Crippen molar-refractivity contribution < 1.29 is 9.90 Å². The lowest BCUT2D eigenvalue weighted by Gasteiger charge is -2.13. The smallest absolute Gasteiger partial charge is 0.336 e. The molecule has 3 aromatic rings. The van der Waals surface area contributed by atoms with E-state index in [1.807, 2.05) is 18.2 Å². The van der Waals surface area contributed by atoms with Crippen molar-refractivity contribution in [3.63, 3.8) is 0 Å². The summed E-state index contributed by atoms with van der Waals surface area (Å²) in [6.45, 7) is 4.23. The number of aromatic nitrogens is 1. The van der Waals surface area contributed by atoms with E-state index in [1.165, 1.54) is 0 Å². The van der Waals surface area contributed by atoms with Gasteiger partial charge in [0, 0.05) is 16.0 Å². The summed E-state index contributed by atoms with van der Waals surface area (Å²) in [4.78, 5) is 16.4. The standard InChI is InChI=1S/C20H17Cl2NO2/c1-3-11(2)12-4-7-18-14(8-12)15(20(24)25)10-19(23-18)16-9-13(21)5-6-17(16)22/h4-11H,3H2,1-2H3,(H,24,25). The molecular formula is C20H17Cl2NO2. The first-order valence-corrected chi connectivity index (χ1v) is 8.79. The van der Waals surface area contributed by atoms with E-state index in [2.05, 4.69) is 18.8 Å². The molecule has 25 heavy (non-hydrogen) atoms. The molecule has 0 aliphatic heterocycles. The lowest BCUT2D eigenvalue weighted by atomic mass is 9.95. The molecule has 1 aromatic heterocycles. The van der Waals surface area contributed by atoms with Crippen LogP contribution in [0.4, 0.5) is 0 Å². The zero-order valence-corrected chi connectivity index (χ0v) is 15.4. The Morgan fingerprint density at radius 1 is 1.16 bits per heavy atom. The largest absolute Gasteiger partial charge is 0.478 e. The third-order valence-corrected chi connectivity index (χ3v) is 5.01. The van der Waals surface area contributed by atoms with Gasteiger partial charge in [0.2, 0.25) is 0 Å². The Hall–Kier alpha value is -2.10. The van der Waals surface area contributed by atoms with Crippen molar-refractivity contribution in [3.8, 4) is 11.3 Å². The van der Waals surface area contributed by atoms with Gasteiger partial charge in [0.25, 0.3) is 0 Å². The third kappa shape index (κ3) is 3.48. The van der Waals surface area contributed by atoms with Crippen LogP contribution in [0.5, 0.6) is 0 Å². The molecule has 1 N–H and O–H groups in total. The lowest BCUT2D eigenvalue weighted by Crippen LogP contribution is -2.02. The molecule has 0 saturated carbocycles. The number of nitrogens with zero attached hydrogens (tertiary/aromatic N) is 1. The first-order valence-electron chi connectivity index (χ1n) is 8.04. The SMILES string of the molecule is CCC(C)c1ccc2nc(-c3cc(Cl)ccc3Cl)cc(C(=O)O)c2c1. The molecule has 0 aliphatic rings. The van der Waals surface area contributed by atoms with Crippen molar-refractivity contribution in [2.75, 3.05) is 0 Å².